The Hall–Kier alpha value is -6.93. The topological polar surface area (TPSA) is 64.5 Å². The molecule has 0 amide bonds. The van der Waals surface area contributed by atoms with Crippen molar-refractivity contribution in [1.82, 2.24) is 24.9 Å². The minimum absolute atomic E-state index is 0.122. The van der Waals surface area contributed by atoms with Gasteiger partial charge in [0, 0.05) is 63.5 Å². The van der Waals surface area contributed by atoms with E-state index in [0.717, 1.165) is 65.7 Å². The van der Waals surface area contributed by atoms with Crippen molar-refractivity contribution in [3.8, 4) is 67.9 Å². The first kappa shape index (κ1) is 34.1. The quantitative estimate of drug-likeness (QED) is 0.174. The molecule has 0 unspecified atom stereocenters. The van der Waals surface area contributed by atoms with Crippen LogP contribution in [0.2, 0.25) is 0 Å². The molecule has 0 radical (unpaired) electrons. The zero-order chi connectivity index (χ0) is 39.2. The molecule has 1 aliphatic carbocycles. The lowest BCUT2D eigenvalue weighted by molar-refractivity contribution is 0.660. The van der Waals surface area contributed by atoms with Crippen LogP contribution in [-0.2, 0) is 5.41 Å². The molecule has 5 nitrogen and oxygen atoms in total. The molecule has 11 aromatic rings. The van der Waals surface area contributed by atoms with Crippen molar-refractivity contribution < 1.29 is 0 Å². The highest BCUT2D eigenvalue weighted by atomic mass is 32.1. The molecule has 12 rings (SSSR count). The summed E-state index contributed by atoms with van der Waals surface area (Å²) in [6.45, 7) is 4.64. The van der Waals surface area contributed by atoms with Gasteiger partial charge in [-0.2, -0.15) is 0 Å². The maximum atomic E-state index is 5.44. The number of fused-ring (bicyclic) bond motifs is 9. The molecule has 4 heterocycles. The minimum Gasteiger partial charge on any atom is -0.226 e. The molecule has 4 aromatic heterocycles. The first-order chi connectivity index (χ1) is 29.0. The molecule has 59 heavy (non-hydrogen) atoms. The highest BCUT2D eigenvalue weighted by Crippen LogP contribution is 2.50. The molecule has 278 valence electrons. The van der Waals surface area contributed by atoms with Gasteiger partial charge in [-0.3, -0.25) is 0 Å². The van der Waals surface area contributed by atoms with Crippen molar-refractivity contribution in [3.63, 3.8) is 0 Å². The molecule has 0 aliphatic heterocycles. The van der Waals surface area contributed by atoms with E-state index in [1.165, 1.54) is 36.4 Å². The Balaban J connectivity index is 1.03. The number of hydrogen-bond acceptors (Lipinski definition) is 7. The number of rotatable bonds is 5. The van der Waals surface area contributed by atoms with E-state index in [2.05, 4.69) is 117 Å². The third-order valence-corrected chi connectivity index (χ3v) is 14.1. The fourth-order valence-corrected chi connectivity index (χ4v) is 11.2. The van der Waals surface area contributed by atoms with E-state index < -0.39 is 0 Å². The Morgan fingerprint density at radius 2 is 1.02 bits per heavy atom. The van der Waals surface area contributed by atoms with Gasteiger partial charge in [-0.25, -0.2) is 24.9 Å². The van der Waals surface area contributed by atoms with E-state index >= 15 is 0 Å². The van der Waals surface area contributed by atoms with Crippen LogP contribution in [0.3, 0.4) is 0 Å². The van der Waals surface area contributed by atoms with Gasteiger partial charge >= 0.3 is 0 Å². The fraction of sp³-hybridized carbons (Fsp3) is 0.0577. The van der Waals surface area contributed by atoms with Crippen LogP contribution in [-0.4, -0.2) is 24.9 Å². The van der Waals surface area contributed by atoms with Gasteiger partial charge in [0.2, 0.25) is 0 Å². The second-order valence-corrected chi connectivity index (χ2v) is 17.8. The Kier molecular flexibility index (Phi) is 7.55. The Labute approximate surface area is 348 Å². The summed E-state index contributed by atoms with van der Waals surface area (Å²) in [6.07, 6.45) is 0. The van der Waals surface area contributed by atoms with Gasteiger partial charge < -0.3 is 0 Å². The molecule has 7 aromatic carbocycles. The summed E-state index contributed by atoms with van der Waals surface area (Å²) >= 11 is 3.55. The minimum atomic E-state index is -0.122. The van der Waals surface area contributed by atoms with E-state index in [0.29, 0.717) is 17.5 Å². The van der Waals surface area contributed by atoms with Crippen LogP contribution < -0.4 is 0 Å². The van der Waals surface area contributed by atoms with Crippen molar-refractivity contribution in [3.05, 3.63) is 175 Å². The van der Waals surface area contributed by atoms with Gasteiger partial charge in [-0.1, -0.05) is 153 Å². The van der Waals surface area contributed by atoms with Crippen LogP contribution in [0.4, 0.5) is 0 Å². The molecule has 0 spiro atoms. The fourth-order valence-electron chi connectivity index (χ4n) is 8.85. The number of aromatic nitrogens is 5. The van der Waals surface area contributed by atoms with E-state index in [9.17, 15) is 0 Å². The Morgan fingerprint density at radius 1 is 0.390 bits per heavy atom. The van der Waals surface area contributed by atoms with Gasteiger partial charge in [0.15, 0.2) is 23.3 Å². The van der Waals surface area contributed by atoms with Crippen molar-refractivity contribution in [2.45, 2.75) is 19.3 Å². The van der Waals surface area contributed by atoms with Gasteiger partial charge in [0.05, 0.1) is 15.9 Å². The molecular formula is C52H33N5S2. The van der Waals surface area contributed by atoms with Gasteiger partial charge in [-0.15, -0.1) is 22.7 Å². The van der Waals surface area contributed by atoms with Crippen LogP contribution >= 0.6 is 22.7 Å². The lowest BCUT2D eigenvalue weighted by Crippen LogP contribution is -2.15. The maximum absolute atomic E-state index is 5.44. The molecular weight excluding hydrogens is 759 g/mol. The first-order valence-corrected chi connectivity index (χ1v) is 21.4. The number of hydrogen-bond donors (Lipinski definition) is 0. The van der Waals surface area contributed by atoms with Crippen LogP contribution in [0.5, 0.6) is 0 Å². The molecule has 0 bridgehead atoms. The second kappa shape index (κ2) is 13.0. The lowest BCUT2D eigenvalue weighted by Gasteiger charge is -2.21. The molecule has 0 fully saturated rings. The zero-order valence-corrected chi connectivity index (χ0v) is 33.8. The summed E-state index contributed by atoms with van der Waals surface area (Å²) in [5.41, 5.74) is 12.1. The molecule has 1 aliphatic rings. The summed E-state index contributed by atoms with van der Waals surface area (Å²) in [7, 11) is 0. The van der Waals surface area contributed by atoms with Crippen LogP contribution in [0, 0.1) is 0 Å². The van der Waals surface area contributed by atoms with Crippen molar-refractivity contribution in [1.29, 1.82) is 0 Å². The number of thiophene rings is 2. The van der Waals surface area contributed by atoms with Gasteiger partial charge in [0.25, 0.3) is 0 Å². The number of benzene rings is 7. The zero-order valence-electron chi connectivity index (χ0n) is 32.1. The molecule has 7 heteroatoms. The van der Waals surface area contributed by atoms with E-state index in [-0.39, 0.29) is 5.41 Å². The highest BCUT2D eigenvalue weighted by Gasteiger charge is 2.35. The molecule has 0 atom stereocenters. The standard InChI is InChI=1S/C52H33N5S2/c1-52(2)39-21-11-9-18-34(39)35-26-25-33(28-40(35)52)50-53-45(47-46(54-50)37-19-10-12-22-41(37)59-47)32-24-27-36-43(29-32)58-42-23-13-20-38(44(36)42)51-56-48(30-14-5-3-6-15-30)55-49(57-51)31-16-7-4-8-17-31/h3-29H,1-2H3. The van der Waals surface area contributed by atoms with Crippen LogP contribution in [0.1, 0.15) is 25.0 Å². The average molecular weight is 792 g/mol. The Morgan fingerprint density at radius 3 is 1.81 bits per heavy atom. The summed E-state index contributed by atoms with van der Waals surface area (Å²) in [4.78, 5) is 25.9. The predicted octanol–water partition coefficient (Wildman–Crippen LogP) is 14.0. The summed E-state index contributed by atoms with van der Waals surface area (Å²) in [5.74, 6) is 2.69. The van der Waals surface area contributed by atoms with Crippen molar-refractivity contribution in [2.75, 3.05) is 0 Å². The van der Waals surface area contributed by atoms with E-state index in [1.807, 2.05) is 60.7 Å². The van der Waals surface area contributed by atoms with Gasteiger partial charge in [0.1, 0.15) is 0 Å². The summed E-state index contributed by atoms with van der Waals surface area (Å²) in [5, 5.41) is 3.45. The molecule has 0 N–H and O–H groups in total. The monoisotopic (exact) mass is 791 g/mol. The van der Waals surface area contributed by atoms with Crippen molar-refractivity contribution >= 4 is 63.1 Å². The summed E-state index contributed by atoms with van der Waals surface area (Å²) in [6, 6.07) is 57.6. The van der Waals surface area contributed by atoms with E-state index in [4.69, 9.17) is 24.9 Å². The third-order valence-electron chi connectivity index (χ3n) is 11.8. The molecule has 0 saturated heterocycles. The molecule has 0 saturated carbocycles. The first-order valence-electron chi connectivity index (χ1n) is 19.7. The second-order valence-electron chi connectivity index (χ2n) is 15.6. The SMILES string of the molecule is CC1(C)c2ccccc2-c2ccc(-c3nc(-c4ccc5c(c4)sc4cccc(-c6nc(-c7ccccc7)nc(-c7ccccc7)n6)c45)c4sc5ccccc5c4n3)cc21. The van der Waals surface area contributed by atoms with Gasteiger partial charge in [-0.05, 0) is 46.5 Å². The Bertz CT molecular complexity index is 3420. The highest BCUT2D eigenvalue weighted by molar-refractivity contribution is 7.26. The summed E-state index contributed by atoms with van der Waals surface area (Å²) < 4.78 is 4.65. The van der Waals surface area contributed by atoms with E-state index in [1.54, 1.807) is 22.7 Å². The smallest absolute Gasteiger partial charge is 0.164 e. The maximum Gasteiger partial charge on any atom is 0.164 e. The average Bonchev–Trinajstić information content (AvgIpc) is 3.93. The normalized spacial score (nSPS) is 13.1. The van der Waals surface area contributed by atoms with Crippen LogP contribution in [0.25, 0.3) is 108 Å². The van der Waals surface area contributed by atoms with Crippen molar-refractivity contribution in [2.24, 2.45) is 0 Å². The third kappa shape index (κ3) is 5.39. The van der Waals surface area contributed by atoms with Crippen LogP contribution in [0.15, 0.2) is 164 Å². The lowest BCUT2D eigenvalue weighted by atomic mass is 9.82. The largest absolute Gasteiger partial charge is 0.226 e. The predicted molar refractivity (Wildman–Crippen MR) is 246 cm³/mol. The number of nitrogens with zero attached hydrogens (tertiary/aromatic N) is 5.